The highest BCUT2D eigenvalue weighted by Crippen LogP contribution is 2.33. The van der Waals surface area contributed by atoms with Crippen LogP contribution in [0.3, 0.4) is 0 Å². The lowest BCUT2D eigenvalue weighted by molar-refractivity contribution is -0.138. The second kappa shape index (κ2) is 8.94. The fraction of sp³-hybridized carbons (Fsp3) is 0.600. The Kier molecular flexibility index (Phi) is 6.59. The predicted octanol–water partition coefficient (Wildman–Crippen LogP) is 3.20. The van der Waals surface area contributed by atoms with Gasteiger partial charge in [-0.2, -0.15) is 13.2 Å². The van der Waals surface area contributed by atoms with Gasteiger partial charge in [0, 0.05) is 32.6 Å². The maximum Gasteiger partial charge on any atom is 0.417 e. The second-order valence-electron chi connectivity index (χ2n) is 7.33. The van der Waals surface area contributed by atoms with Crippen LogP contribution in [0.2, 0.25) is 0 Å². The first-order chi connectivity index (χ1) is 13.4. The Balaban J connectivity index is 1.59. The number of amides is 2. The molecule has 1 aromatic rings. The molecule has 28 heavy (non-hydrogen) atoms. The van der Waals surface area contributed by atoms with E-state index in [2.05, 4.69) is 0 Å². The van der Waals surface area contributed by atoms with Gasteiger partial charge in [0.15, 0.2) is 0 Å². The number of hydrogen-bond donors (Lipinski definition) is 0. The topological polar surface area (TPSA) is 49.9 Å². The minimum Gasteiger partial charge on any atom is -0.378 e. The van der Waals surface area contributed by atoms with Crippen molar-refractivity contribution < 1.29 is 27.5 Å². The van der Waals surface area contributed by atoms with Crippen LogP contribution in [-0.4, -0.2) is 61.0 Å². The SMILES string of the molecule is O=C(CC[C@H]1CCCN(C(=O)c2ccccc2C(F)(F)F)C1)N1CCOCC1. The van der Waals surface area contributed by atoms with E-state index in [0.717, 1.165) is 18.9 Å². The number of halogens is 3. The van der Waals surface area contributed by atoms with Gasteiger partial charge in [0.25, 0.3) is 5.91 Å². The van der Waals surface area contributed by atoms with Crippen molar-refractivity contribution in [2.24, 2.45) is 5.92 Å². The molecule has 2 aliphatic heterocycles. The van der Waals surface area contributed by atoms with Crippen molar-refractivity contribution in [2.75, 3.05) is 39.4 Å². The van der Waals surface area contributed by atoms with Crippen LogP contribution in [0.1, 0.15) is 41.6 Å². The van der Waals surface area contributed by atoms with Crippen LogP contribution in [0.15, 0.2) is 24.3 Å². The molecule has 0 aromatic heterocycles. The molecular formula is C20H25F3N2O3. The summed E-state index contributed by atoms with van der Waals surface area (Å²) in [5.74, 6) is -0.382. The molecule has 0 N–H and O–H groups in total. The average molecular weight is 398 g/mol. The van der Waals surface area contributed by atoms with Gasteiger partial charge < -0.3 is 14.5 Å². The fourth-order valence-electron chi connectivity index (χ4n) is 3.87. The number of benzene rings is 1. The van der Waals surface area contributed by atoms with E-state index in [0.29, 0.717) is 52.2 Å². The van der Waals surface area contributed by atoms with Crippen molar-refractivity contribution in [2.45, 2.75) is 31.9 Å². The summed E-state index contributed by atoms with van der Waals surface area (Å²) in [6.45, 7) is 3.14. The fourth-order valence-corrected chi connectivity index (χ4v) is 3.87. The number of nitrogens with zero attached hydrogens (tertiary/aromatic N) is 2. The van der Waals surface area contributed by atoms with Crippen molar-refractivity contribution in [1.82, 2.24) is 9.80 Å². The lowest BCUT2D eigenvalue weighted by atomic mass is 9.92. The first-order valence-electron chi connectivity index (χ1n) is 9.67. The molecule has 8 heteroatoms. The third-order valence-electron chi connectivity index (χ3n) is 5.40. The number of likely N-dealkylation sites (tertiary alicyclic amines) is 1. The molecular weight excluding hydrogens is 373 g/mol. The number of rotatable bonds is 4. The third-order valence-corrected chi connectivity index (χ3v) is 5.40. The Bertz CT molecular complexity index is 702. The number of morpholine rings is 1. The van der Waals surface area contributed by atoms with Crippen molar-refractivity contribution in [3.8, 4) is 0 Å². The molecule has 1 atom stereocenters. The zero-order chi connectivity index (χ0) is 20.1. The predicted molar refractivity (Wildman–Crippen MR) is 96.7 cm³/mol. The quantitative estimate of drug-likeness (QED) is 0.783. The number of alkyl halides is 3. The van der Waals surface area contributed by atoms with Gasteiger partial charge in [0.2, 0.25) is 5.91 Å². The maximum absolute atomic E-state index is 13.2. The highest BCUT2D eigenvalue weighted by Gasteiger charge is 2.36. The molecule has 0 bridgehead atoms. The Morgan fingerprint density at radius 2 is 1.79 bits per heavy atom. The van der Waals surface area contributed by atoms with E-state index in [1.165, 1.54) is 23.1 Å². The summed E-state index contributed by atoms with van der Waals surface area (Å²) < 4.78 is 44.9. The molecule has 3 rings (SSSR count). The Morgan fingerprint density at radius 3 is 2.50 bits per heavy atom. The molecule has 0 radical (unpaired) electrons. The first kappa shape index (κ1) is 20.6. The van der Waals surface area contributed by atoms with Crippen molar-refractivity contribution in [3.05, 3.63) is 35.4 Å². The van der Waals surface area contributed by atoms with Gasteiger partial charge in [-0.3, -0.25) is 9.59 Å². The van der Waals surface area contributed by atoms with Crippen LogP contribution in [0.5, 0.6) is 0 Å². The molecule has 2 aliphatic rings. The van der Waals surface area contributed by atoms with Gasteiger partial charge in [-0.15, -0.1) is 0 Å². The number of ether oxygens (including phenoxy) is 1. The normalized spacial score (nSPS) is 20.9. The molecule has 0 spiro atoms. The van der Waals surface area contributed by atoms with Gasteiger partial charge in [0.1, 0.15) is 0 Å². The molecule has 0 unspecified atom stereocenters. The van der Waals surface area contributed by atoms with Crippen molar-refractivity contribution in [3.63, 3.8) is 0 Å². The third kappa shape index (κ3) is 5.04. The van der Waals surface area contributed by atoms with Crippen molar-refractivity contribution in [1.29, 1.82) is 0 Å². The van der Waals surface area contributed by atoms with E-state index in [1.807, 2.05) is 0 Å². The second-order valence-corrected chi connectivity index (χ2v) is 7.33. The summed E-state index contributed by atoms with van der Waals surface area (Å²) in [6, 6.07) is 4.91. The lowest BCUT2D eigenvalue weighted by Gasteiger charge is -2.34. The minimum atomic E-state index is -4.56. The number of piperidine rings is 1. The van der Waals surface area contributed by atoms with Crippen LogP contribution in [-0.2, 0) is 15.7 Å². The van der Waals surface area contributed by atoms with Crippen LogP contribution in [0.4, 0.5) is 13.2 Å². The van der Waals surface area contributed by atoms with E-state index < -0.39 is 17.6 Å². The van der Waals surface area contributed by atoms with E-state index in [4.69, 9.17) is 4.74 Å². The van der Waals surface area contributed by atoms with Crippen LogP contribution in [0.25, 0.3) is 0 Å². The molecule has 0 aliphatic carbocycles. The first-order valence-corrected chi connectivity index (χ1v) is 9.67. The summed E-state index contributed by atoms with van der Waals surface area (Å²) in [7, 11) is 0. The molecule has 1 aromatic carbocycles. The number of hydrogen-bond acceptors (Lipinski definition) is 3. The van der Waals surface area contributed by atoms with Gasteiger partial charge in [-0.05, 0) is 37.3 Å². The van der Waals surface area contributed by atoms with E-state index in [-0.39, 0.29) is 17.4 Å². The molecule has 2 amide bonds. The number of carbonyl (C=O) groups excluding carboxylic acids is 2. The summed E-state index contributed by atoms with van der Waals surface area (Å²) in [5, 5.41) is 0. The van der Waals surface area contributed by atoms with E-state index in [9.17, 15) is 22.8 Å². The van der Waals surface area contributed by atoms with E-state index >= 15 is 0 Å². The number of carbonyl (C=O) groups is 2. The lowest BCUT2D eigenvalue weighted by Crippen LogP contribution is -2.42. The molecule has 0 saturated carbocycles. The highest BCUT2D eigenvalue weighted by atomic mass is 19.4. The maximum atomic E-state index is 13.2. The van der Waals surface area contributed by atoms with Gasteiger partial charge in [-0.1, -0.05) is 12.1 Å². The van der Waals surface area contributed by atoms with E-state index in [1.54, 1.807) is 4.90 Å². The Hall–Kier alpha value is -2.09. The van der Waals surface area contributed by atoms with Gasteiger partial charge in [-0.25, -0.2) is 0 Å². The Labute approximate surface area is 162 Å². The zero-order valence-corrected chi connectivity index (χ0v) is 15.7. The minimum absolute atomic E-state index is 0.0779. The van der Waals surface area contributed by atoms with Crippen molar-refractivity contribution >= 4 is 11.8 Å². The molecule has 154 valence electrons. The average Bonchev–Trinajstić information content (AvgIpc) is 2.71. The summed E-state index contributed by atoms with van der Waals surface area (Å²) in [4.78, 5) is 28.3. The molecule has 2 fully saturated rings. The summed E-state index contributed by atoms with van der Waals surface area (Å²) >= 11 is 0. The smallest absolute Gasteiger partial charge is 0.378 e. The zero-order valence-electron chi connectivity index (χ0n) is 15.7. The molecule has 2 saturated heterocycles. The Morgan fingerprint density at radius 1 is 1.07 bits per heavy atom. The monoisotopic (exact) mass is 398 g/mol. The van der Waals surface area contributed by atoms with Crippen LogP contribution >= 0.6 is 0 Å². The largest absolute Gasteiger partial charge is 0.417 e. The highest BCUT2D eigenvalue weighted by molar-refractivity contribution is 5.96. The standard InChI is InChI=1S/C20H25F3N2O3/c21-20(22,23)17-6-2-1-5-16(17)19(27)25-9-3-4-15(14-25)7-8-18(26)24-10-12-28-13-11-24/h1-2,5-6,15H,3-4,7-14H2/t15-/m1/s1. The van der Waals surface area contributed by atoms with Gasteiger partial charge >= 0.3 is 6.18 Å². The van der Waals surface area contributed by atoms with Gasteiger partial charge in [0.05, 0.1) is 24.3 Å². The van der Waals surface area contributed by atoms with Crippen LogP contribution in [0, 0.1) is 5.92 Å². The summed E-state index contributed by atoms with van der Waals surface area (Å²) in [6.07, 6.45) is -1.92. The molecule has 2 heterocycles. The van der Waals surface area contributed by atoms with Crippen LogP contribution < -0.4 is 0 Å². The summed E-state index contributed by atoms with van der Waals surface area (Å²) in [5.41, 5.74) is -1.20. The molecule has 5 nitrogen and oxygen atoms in total.